The Bertz CT molecular complexity index is 370. The van der Waals surface area contributed by atoms with Crippen LogP contribution in [0, 0.1) is 0 Å². The van der Waals surface area contributed by atoms with Gasteiger partial charge >= 0.3 is 0 Å². The molecule has 1 aromatic carbocycles. The van der Waals surface area contributed by atoms with Crippen molar-refractivity contribution in [2.75, 3.05) is 36.7 Å². The summed E-state index contributed by atoms with van der Waals surface area (Å²) in [6.07, 6.45) is 1.97. The van der Waals surface area contributed by atoms with Crippen LogP contribution in [-0.2, 0) is 0 Å². The summed E-state index contributed by atoms with van der Waals surface area (Å²) in [7, 11) is 1.58. The van der Waals surface area contributed by atoms with Crippen LogP contribution >= 0.6 is 11.8 Å². The lowest BCUT2D eigenvalue weighted by atomic mass is 10.1. The Morgan fingerprint density at radius 2 is 2.24 bits per heavy atom. The van der Waals surface area contributed by atoms with Crippen molar-refractivity contribution in [3.8, 4) is 5.75 Å². The minimum atomic E-state index is -0.728. The first-order valence-electron chi connectivity index (χ1n) is 5.37. The van der Waals surface area contributed by atoms with E-state index in [1.165, 1.54) is 0 Å². The van der Waals surface area contributed by atoms with Crippen molar-refractivity contribution in [3.05, 3.63) is 18.2 Å². The Hall–Kier alpha value is -1.07. The van der Waals surface area contributed by atoms with Crippen molar-refractivity contribution in [3.63, 3.8) is 0 Å². The predicted octanol–water partition coefficient (Wildman–Crippen LogP) is 1.80. The predicted molar refractivity (Wildman–Crippen MR) is 74.9 cm³/mol. The van der Waals surface area contributed by atoms with Crippen LogP contribution in [0.2, 0.25) is 0 Å². The Kier molecular flexibility index (Phi) is 4.96. The zero-order valence-corrected chi connectivity index (χ0v) is 11.3. The maximum Gasteiger partial charge on any atom is 0.143 e. The molecule has 96 valence electrons. The highest BCUT2D eigenvalue weighted by Gasteiger charge is 2.19. The van der Waals surface area contributed by atoms with E-state index in [0.717, 1.165) is 5.69 Å². The number of methoxy groups -OCH3 is 1. The lowest BCUT2D eigenvalue weighted by molar-refractivity contribution is 0.0997. The molecule has 0 aliphatic carbocycles. The number of thioether (sulfide) groups is 1. The lowest BCUT2D eigenvalue weighted by Crippen LogP contribution is -2.36. The molecule has 0 aromatic heterocycles. The number of ether oxygens (including phenoxy) is 1. The van der Waals surface area contributed by atoms with E-state index in [9.17, 15) is 5.11 Å². The molecule has 1 atom stereocenters. The zero-order chi connectivity index (χ0) is 12.9. The van der Waals surface area contributed by atoms with Gasteiger partial charge in [-0.05, 0) is 25.3 Å². The monoisotopic (exact) mass is 256 g/mol. The third-order valence-electron chi connectivity index (χ3n) is 2.36. The van der Waals surface area contributed by atoms with Crippen molar-refractivity contribution in [2.24, 2.45) is 0 Å². The number of hydrogen-bond acceptors (Lipinski definition) is 5. The molecule has 0 amide bonds. The van der Waals surface area contributed by atoms with Crippen LogP contribution < -0.4 is 15.8 Å². The summed E-state index contributed by atoms with van der Waals surface area (Å²) in [5.41, 5.74) is 6.49. The summed E-state index contributed by atoms with van der Waals surface area (Å²) in [4.78, 5) is 0. The average Bonchev–Trinajstić information content (AvgIpc) is 2.28. The molecule has 17 heavy (non-hydrogen) atoms. The summed E-state index contributed by atoms with van der Waals surface area (Å²) in [5.74, 6) is 1.33. The van der Waals surface area contributed by atoms with Crippen molar-refractivity contribution < 1.29 is 9.84 Å². The first-order chi connectivity index (χ1) is 7.98. The van der Waals surface area contributed by atoms with E-state index in [1.54, 1.807) is 24.9 Å². The molecule has 0 saturated heterocycles. The van der Waals surface area contributed by atoms with Gasteiger partial charge < -0.3 is 20.9 Å². The topological polar surface area (TPSA) is 67.5 Å². The quantitative estimate of drug-likeness (QED) is 0.677. The summed E-state index contributed by atoms with van der Waals surface area (Å²) < 4.78 is 5.13. The molecule has 0 radical (unpaired) electrons. The molecule has 4 N–H and O–H groups in total. The van der Waals surface area contributed by atoms with Gasteiger partial charge in [0.1, 0.15) is 5.75 Å². The van der Waals surface area contributed by atoms with Gasteiger partial charge in [-0.2, -0.15) is 11.8 Å². The van der Waals surface area contributed by atoms with Gasteiger partial charge in [0.2, 0.25) is 0 Å². The molecule has 4 nitrogen and oxygen atoms in total. The van der Waals surface area contributed by atoms with E-state index in [2.05, 4.69) is 5.32 Å². The Morgan fingerprint density at radius 3 is 2.82 bits per heavy atom. The highest BCUT2D eigenvalue weighted by Crippen LogP contribution is 2.25. The van der Waals surface area contributed by atoms with Gasteiger partial charge in [0.05, 0.1) is 18.4 Å². The average molecular weight is 256 g/mol. The van der Waals surface area contributed by atoms with Gasteiger partial charge in [-0.3, -0.25) is 0 Å². The number of nitrogen functional groups attached to an aromatic ring is 1. The zero-order valence-electron chi connectivity index (χ0n) is 10.5. The number of aliphatic hydroxyl groups is 1. The molecule has 1 unspecified atom stereocenters. The fourth-order valence-electron chi connectivity index (χ4n) is 1.48. The molecule has 5 heteroatoms. The van der Waals surface area contributed by atoms with Crippen LogP contribution in [0.15, 0.2) is 18.2 Å². The number of anilines is 2. The normalized spacial score (nSPS) is 14.1. The molecule has 1 aromatic rings. The first kappa shape index (κ1) is 14.0. The van der Waals surface area contributed by atoms with Gasteiger partial charge in [0.15, 0.2) is 0 Å². The fraction of sp³-hybridized carbons (Fsp3) is 0.500. The second kappa shape index (κ2) is 6.02. The van der Waals surface area contributed by atoms with Gasteiger partial charge in [0, 0.05) is 24.1 Å². The summed E-state index contributed by atoms with van der Waals surface area (Å²) in [5, 5.41) is 13.2. The van der Waals surface area contributed by atoms with E-state index < -0.39 is 5.60 Å². The Labute approximate surface area is 107 Å². The molecule has 0 saturated carbocycles. The molecule has 0 aliphatic rings. The van der Waals surface area contributed by atoms with Crippen LogP contribution in [0.25, 0.3) is 0 Å². The smallest absolute Gasteiger partial charge is 0.143 e. The van der Waals surface area contributed by atoms with Crippen molar-refractivity contribution in [2.45, 2.75) is 12.5 Å². The van der Waals surface area contributed by atoms with Gasteiger partial charge in [0.25, 0.3) is 0 Å². The fourth-order valence-corrected chi connectivity index (χ4v) is 2.20. The van der Waals surface area contributed by atoms with Crippen LogP contribution in [-0.4, -0.2) is 36.4 Å². The van der Waals surface area contributed by atoms with Gasteiger partial charge in [-0.1, -0.05) is 0 Å². The van der Waals surface area contributed by atoms with E-state index in [4.69, 9.17) is 10.5 Å². The van der Waals surface area contributed by atoms with Crippen LogP contribution in [0.1, 0.15) is 6.92 Å². The minimum absolute atomic E-state index is 0.487. The van der Waals surface area contributed by atoms with E-state index >= 15 is 0 Å². The summed E-state index contributed by atoms with van der Waals surface area (Å²) >= 11 is 1.62. The summed E-state index contributed by atoms with van der Waals surface area (Å²) in [6.45, 7) is 2.30. The van der Waals surface area contributed by atoms with E-state index in [1.807, 2.05) is 25.3 Å². The second-order valence-electron chi connectivity index (χ2n) is 4.24. The Balaban J connectivity index is 2.63. The third kappa shape index (κ3) is 4.36. The molecule has 0 spiro atoms. The minimum Gasteiger partial charge on any atom is -0.495 e. The second-order valence-corrected chi connectivity index (χ2v) is 5.11. The van der Waals surface area contributed by atoms with Crippen LogP contribution in [0.5, 0.6) is 5.75 Å². The number of nitrogens with two attached hydrogens (primary N) is 1. The molecule has 0 fully saturated rings. The number of hydrogen-bond donors (Lipinski definition) is 3. The van der Waals surface area contributed by atoms with Crippen molar-refractivity contribution in [1.82, 2.24) is 0 Å². The largest absolute Gasteiger partial charge is 0.495 e. The SMILES string of the molecule is COc1cc(NCC(C)(O)CSC)ccc1N. The van der Waals surface area contributed by atoms with E-state index in [0.29, 0.717) is 23.7 Å². The molecular weight excluding hydrogens is 236 g/mol. The summed E-state index contributed by atoms with van der Waals surface area (Å²) in [6, 6.07) is 5.47. The van der Waals surface area contributed by atoms with Gasteiger partial charge in [-0.15, -0.1) is 0 Å². The Morgan fingerprint density at radius 1 is 1.53 bits per heavy atom. The molecule has 1 rings (SSSR count). The number of nitrogens with one attached hydrogen (secondary N) is 1. The molecular formula is C12H20N2O2S. The third-order valence-corrected chi connectivity index (χ3v) is 3.27. The standard InChI is InChI=1S/C12H20N2O2S/c1-12(15,8-17-3)7-14-9-4-5-10(13)11(6-9)16-2/h4-6,14-15H,7-8,13H2,1-3H3. The lowest BCUT2D eigenvalue weighted by Gasteiger charge is -2.23. The first-order valence-corrected chi connectivity index (χ1v) is 6.76. The maximum atomic E-state index is 10.0. The highest BCUT2D eigenvalue weighted by molar-refractivity contribution is 7.98. The van der Waals surface area contributed by atoms with Gasteiger partial charge in [-0.25, -0.2) is 0 Å². The number of benzene rings is 1. The molecule has 0 heterocycles. The highest BCUT2D eigenvalue weighted by atomic mass is 32.2. The van der Waals surface area contributed by atoms with Crippen LogP contribution in [0.4, 0.5) is 11.4 Å². The van der Waals surface area contributed by atoms with E-state index in [-0.39, 0.29) is 0 Å². The van der Waals surface area contributed by atoms with Crippen LogP contribution in [0.3, 0.4) is 0 Å². The van der Waals surface area contributed by atoms with Crippen molar-refractivity contribution >= 4 is 23.1 Å². The molecule has 0 aliphatic heterocycles. The maximum absolute atomic E-state index is 10.0. The van der Waals surface area contributed by atoms with Crippen molar-refractivity contribution in [1.29, 1.82) is 0 Å². The molecule has 0 bridgehead atoms. The number of rotatable bonds is 6.